The molecule has 0 saturated heterocycles. The minimum absolute atomic E-state index is 0.165. The van der Waals surface area contributed by atoms with Crippen molar-refractivity contribution in [2.45, 2.75) is 26.4 Å². The van der Waals surface area contributed by atoms with Gasteiger partial charge in [0.25, 0.3) is 5.91 Å². The van der Waals surface area contributed by atoms with E-state index in [1.807, 2.05) is 25.2 Å². The Balaban J connectivity index is 1.94. The van der Waals surface area contributed by atoms with Gasteiger partial charge in [-0.2, -0.15) is 13.2 Å². The van der Waals surface area contributed by atoms with Gasteiger partial charge in [0.2, 0.25) is 5.91 Å². The molecule has 0 aliphatic rings. The van der Waals surface area contributed by atoms with Crippen molar-refractivity contribution in [2.24, 2.45) is 0 Å². The third kappa shape index (κ3) is 6.23. The van der Waals surface area contributed by atoms with Crippen molar-refractivity contribution in [3.63, 3.8) is 0 Å². The van der Waals surface area contributed by atoms with E-state index in [-0.39, 0.29) is 12.3 Å². The van der Waals surface area contributed by atoms with Gasteiger partial charge in [0.1, 0.15) is 6.54 Å². The van der Waals surface area contributed by atoms with Crippen molar-refractivity contribution in [3.8, 4) is 0 Å². The fraction of sp³-hybridized carbons (Fsp3) is 0.263. The molecule has 0 heterocycles. The maximum atomic E-state index is 12.3. The summed E-state index contributed by atoms with van der Waals surface area (Å²) in [4.78, 5) is 23.8. The Morgan fingerprint density at radius 1 is 0.962 bits per heavy atom. The van der Waals surface area contributed by atoms with Crippen LogP contribution >= 0.6 is 0 Å². The lowest BCUT2D eigenvalue weighted by atomic mass is 10.1. The van der Waals surface area contributed by atoms with E-state index in [4.69, 9.17) is 0 Å². The minimum Gasteiger partial charge on any atom is -0.347 e. The van der Waals surface area contributed by atoms with Crippen molar-refractivity contribution < 1.29 is 22.8 Å². The molecule has 0 aliphatic heterocycles. The van der Waals surface area contributed by atoms with Crippen molar-refractivity contribution in [3.05, 3.63) is 64.7 Å². The van der Waals surface area contributed by atoms with Gasteiger partial charge in [0.05, 0.1) is 6.42 Å². The molecule has 0 spiro atoms. The van der Waals surface area contributed by atoms with Gasteiger partial charge in [-0.05, 0) is 43.7 Å². The highest BCUT2D eigenvalue weighted by Crippen LogP contribution is 2.15. The predicted octanol–water partition coefficient (Wildman–Crippen LogP) is 3.78. The standard InChI is InChI=1S/C19H19F3N2O2/c1-12-7-13(2)9-15(8-12)18(26)24-16-5-3-14(4-6-16)10-17(25)23-11-19(20,21)22/h3-9H,10-11H2,1-2H3,(H,23,25)(H,24,26). The molecule has 0 atom stereocenters. The zero-order valence-electron chi connectivity index (χ0n) is 14.4. The largest absolute Gasteiger partial charge is 0.405 e. The zero-order chi connectivity index (χ0) is 19.3. The van der Waals surface area contributed by atoms with Gasteiger partial charge < -0.3 is 10.6 Å². The van der Waals surface area contributed by atoms with Crippen LogP contribution in [-0.4, -0.2) is 24.5 Å². The minimum atomic E-state index is -4.43. The maximum Gasteiger partial charge on any atom is 0.405 e. The van der Waals surface area contributed by atoms with Crippen LogP contribution in [0.1, 0.15) is 27.0 Å². The summed E-state index contributed by atoms with van der Waals surface area (Å²) in [6, 6.07) is 11.9. The molecule has 2 amide bonds. The molecule has 4 nitrogen and oxygen atoms in total. The average Bonchev–Trinajstić information content (AvgIpc) is 2.53. The number of carbonyl (C=O) groups excluding carboxylic acids is 2. The van der Waals surface area contributed by atoms with Crippen LogP contribution in [0.4, 0.5) is 18.9 Å². The van der Waals surface area contributed by atoms with E-state index in [1.165, 1.54) is 0 Å². The lowest BCUT2D eigenvalue weighted by Crippen LogP contribution is -2.34. The molecule has 0 radical (unpaired) electrons. The van der Waals surface area contributed by atoms with E-state index < -0.39 is 18.6 Å². The van der Waals surface area contributed by atoms with Crippen molar-refractivity contribution >= 4 is 17.5 Å². The fourth-order valence-corrected chi connectivity index (χ4v) is 2.46. The highest BCUT2D eigenvalue weighted by molar-refractivity contribution is 6.04. The number of halogens is 3. The second-order valence-electron chi connectivity index (χ2n) is 6.10. The monoisotopic (exact) mass is 364 g/mol. The summed E-state index contributed by atoms with van der Waals surface area (Å²) in [5.74, 6) is -0.971. The fourth-order valence-electron chi connectivity index (χ4n) is 2.46. The molecule has 0 aromatic heterocycles. The topological polar surface area (TPSA) is 58.2 Å². The molecule has 0 bridgehead atoms. The molecule has 0 saturated carbocycles. The SMILES string of the molecule is Cc1cc(C)cc(C(=O)Nc2ccc(CC(=O)NCC(F)(F)F)cc2)c1. The highest BCUT2D eigenvalue weighted by Gasteiger charge is 2.27. The number of benzene rings is 2. The Labute approximate surface area is 149 Å². The summed E-state index contributed by atoms with van der Waals surface area (Å²) in [7, 11) is 0. The van der Waals surface area contributed by atoms with Crippen molar-refractivity contribution in [2.75, 3.05) is 11.9 Å². The second-order valence-corrected chi connectivity index (χ2v) is 6.10. The van der Waals surface area contributed by atoms with Gasteiger partial charge in [0.15, 0.2) is 0 Å². The van der Waals surface area contributed by atoms with Gasteiger partial charge in [-0.15, -0.1) is 0 Å². The number of carbonyl (C=O) groups is 2. The Bertz CT molecular complexity index is 779. The smallest absolute Gasteiger partial charge is 0.347 e. The van der Waals surface area contributed by atoms with Crippen molar-refractivity contribution in [1.29, 1.82) is 0 Å². The van der Waals surface area contributed by atoms with Gasteiger partial charge in [0, 0.05) is 11.3 Å². The normalized spacial score (nSPS) is 11.1. The lowest BCUT2D eigenvalue weighted by Gasteiger charge is -2.09. The molecule has 0 aliphatic carbocycles. The molecule has 2 rings (SSSR count). The Hall–Kier alpha value is -2.83. The quantitative estimate of drug-likeness (QED) is 0.848. The maximum absolute atomic E-state index is 12.3. The highest BCUT2D eigenvalue weighted by atomic mass is 19.4. The summed E-state index contributed by atoms with van der Waals surface area (Å²) in [5, 5.41) is 4.57. The summed E-state index contributed by atoms with van der Waals surface area (Å²) >= 11 is 0. The molecule has 0 unspecified atom stereocenters. The molecule has 2 N–H and O–H groups in total. The third-order valence-electron chi connectivity index (χ3n) is 3.55. The second kappa shape index (κ2) is 8.03. The van der Waals surface area contributed by atoms with E-state index in [9.17, 15) is 22.8 Å². The molecule has 138 valence electrons. The number of anilines is 1. The van der Waals surface area contributed by atoms with Gasteiger partial charge >= 0.3 is 6.18 Å². The average molecular weight is 364 g/mol. The van der Waals surface area contributed by atoms with Crippen LogP contribution in [0.5, 0.6) is 0 Å². The predicted molar refractivity (Wildman–Crippen MR) is 93.1 cm³/mol. The van der Waals surface area contributed by atoms with Crippen LogP contribution in [0.15, 0.2) is 42.5 Å². The lowest BCUT2D eigenvalue weighted by molar-refractivity contribution is -0.138. The first kappa shape index (κ1) is 19.5. The molecule has 2 aromatic carbocycles. The van der Waals surface area contributed by atoms with Crippen LogP contribution in [0.25, 0.3) is 0 Å². The van der Waals surface area contributed by atoms with Gasteiger partial charge in [-0.3, -0.25) is 9.59 Å². The Kier molecular flexibility index (Phi) is 6.02. The van der Waals surface area contributed by atoms with Crippen LogP contribution in [0.3, 0.4) is 0 Å². The molecule has 7 heteroatoms. The number of alkyl halides is 3. The van der Waals surface area contributed by atoms with Gasteiger partial charge in [-0.1, -0.05) is 29.3 Å². The summed E-state index contributed by atoms with van der Waals surface area (Å²) in [6.45, 7) is 2.46. The van der Waals surface area contributed by atoms with E-state index >= 15 is 0 Å². The van der Waals surface area contributed by atoms with E-state index in [1.54, 1.807) is 36.4 Å². The summed E-state index contributed by atoms with van der Waals surface area (Å²) in [5.41, 5.74) is 3.59. The van der Waals surface area contributed by atoms with Gasteiger partial charge in [-0.25, -0.2) is 0 Å². The Morgan fingerprint density at radius 2 is 1.54 bits per heavy atom. The number of aryl methyl sites for hydroxylation is 2. The molecular formula is C19H19F3N2O2. The Morgan fingerprint density at radius 3 is 2.08 bits per heavy atom. The van der Waals surface area contributed by atoms with Crippen molar-refractivity contribution in [1.82, 2.24) is 5.32 Å². The number of nitrogens with one attached hydrogen (secondary N) is 2. The number of hydrogen-bond acceptors (Lipinski definition) is 2. The first-order chi connectivity index (χ1) is 12.1. The van der Waals surface area contributed by atoms with E-state index in [2.05, 4.69) is 5.32 Å². The van der Waals surface area contributed by atoms with Crippen LogP contribution < -0.4 is 10.6 Å². The number of amides is 2. The molecule has 0 fully saturated rings. The zero-order valence-corrected chi connectivity index (χ0v) is 14.4. The molecule has 2 aromatic rings. The number of rotatable bonds is 5. The summed E-state index contributed by atoms with van der Waals surface area (Å²) < 4.78 is 36.2. The third-order valence-corrected chi connectivity index (χ3v) is 3.55. The molecule has 26 heavy (non-hydrogen) atoms. The van der Waals surface area contributed by atoms with E-state index in [0.717, 1.165) is 11.1 Å². The van der Waals surface area contributed by atoms with Crippen LogP contribution in [-0.2, 0) is 11.2 Å². The summed E-state index contributed by atoms with van der Waals surface area (Å²) in [6.07, 6.45) is -4.60. The van der Waals surface area contributed by atoms with Crippen LogP contribution in [0.2, 0.25) is 0 Å². The number of hydrogen-bond donors (Lipinski definition) is 2. The first-order valence-electron chi connectivity index (χ1n) is 7.94. The molecular weight excluding hydrogens is 345 g/mol. The van der Waals surface area contributed by atoms with Crippen LogP contribution in [0, 0.1) is 13.8 Å². The van der Waals surface area contributed by atoms with E-state index in [0.29, 0.717) is 16.8 Å². The first-order valence-corrected chi connectivity index (χ1v) is 7.94.